The molecule has 4 heterocycles. The van der Waals surface area contributed by atoms with Gasteiger partial charge in [-0.05, 0) is 0 Å². The van der Waals surface area contributed by atoms with E-state index in [9.17, 15) is 4.79 Å². The van der Waals surface area contributed by atoms with E-state index in [-0.39, 0.29) is 5.56 Å². The maximum Gasteiger partial charge on any atom is 0.265 e. The normalized spacial score (nSPS) is 20.7. The van der Waals surface area contributed by atoms with Gasteiger partial charge in [0, 0.05) is 26.2 Å². The molecular weight excluding hydrogens is 312 g/mol. The molecule has 130 valence electrons. The molecule has 2 aliphatic heterocycles. The molecule has 0 unspecified atom stereocenters. The van der Waals surface area contributed by atoms with E-state index in [0.717, 1.165) is 39.4 Å². The Balaban J connectivity index is 1.54. The summed E-state index contributed by atoms with van der Waals surface area (Å²) in [4.78, 5) is 21.6. The van der Waals surface area contributed by atoms with Gasteiger partial charge in [-0.2, -0.15) is 5.10 Å². The maximum atomic E-state index is 12.7. The lowest BCUT2D eigenvalue weighted by molar-refractivity contribution is 0.0219. The monoisotopic (exact) mass is 334 g/mol. The quantitative estimate of drug-likeness (QED) is 0.722. The Morgan fingerprint density at radius 3 is 2.25 bits per heavy atom. The molecule has 9 heteroatoms. The van der Waals surface area contributed by atoms with E-state index >= 15 is 0 Å². The van der Waals surface area contributed by atoms with Crippen LogP contribution in [0.5, 0.6) is 0 Å². The highest BCUT2D eigenvalue weighted by Gasteiger charge is 2.16. The Bertz CT molecular complexity index is 745. The zero-order valence-corrected chi connectivity index (χ0v) is 13.6. The lowest BCUT2D eigenvalue weighted by Gasteiger charge is -2.27. The molecule has 2 aromatic rings. The van der Waals surface area contributed by atoms with Crippen molar-refractivity contribution in [1.82, 2.24) is 29.1 Å². The Labute approximate surface area is 139 Å². The molecule has 2 aromatic heterocycles. The maximum absolute atomic E-state index is 12.7. The first-order valence-corrected chi connectivity index (χ1v) is 8.32. The molecule has 0 amide bonds. The van der Waals surface area contributed by atoms with Gasteiger partial charge in [0.1, 0.15) is 11.7 Å². The standard InChI is InChI=1S/C15H22N6O3/c22-15-13-9-17-21(12-19-3-7-24-8-4-19)14(13)16-10-20(15)11-18-1-5-23-6-2-18/h9-10H,1-8,11-12H2. The topological polar surface area (TPSA) is 77.7 Å². The SMILES string of the molecule is O=c1c2cnn(CN3CCOCC3)c2ncn1CN1CCOCC1. The van der Waals surface area contributed by atoms with Gasteiger partial charge in [0.25, 0.3) is 5.56 Å². The van der Waals surface area contributed by atoms with Crippen molar-refractivity contribution in [2.24, 2.45) is 0 Å². The fraction of sp³-hybridized carbons (Fsp3) is 0.667. The largest absolute Gasteiger partial charge is 0.379 e. The minimum atomic E-state index is -0.0419. The molecule has 0 radical (unpaired) electrons. The number of hydrogen-bond acceptors (Lipinski definition) is 7. The van der Waals surface area contributed by atoms with Gasteiger partial charge in [-0.1, -0.05) is 0 Å². The van der Waals surface area contributed by atoms with Crippen molar-refractivity contribution in [2.75, 3.05) is 52.6 Å². The summed E-state index contributed by atoms with van der Waals surface area (Å²) in [7, 11) is 0. The average molecular weight is 334 g/mol. The van der Waals surface area contributed by atoms with E-state index in [2.05, 4.69) is 19.9 Å². The summed E-state index contributed by atoms with van der Waals surface area (Å²) in [5.41, 5.74) is 0.601. The number of rotatable bonds is 4. The molecule has 0 aromatic carbocycles. The van der Waals surface area contributed by atoms with Gasteiger partial charge in [0.15, 0.2) is 5.65 Å². The van der Waals surface area contributed by atoms with Crippen LogP contribution in [-0.2, 0) is 22.8 Å². The van der Waals surface area contributed by atoms with Gasteiger partial charge < -0.3 is 9.47 Å². The second-order valence-corrected chi connectivity index (χ2v) is 6.14. The summed E-state index contributed by atoms with van der Waals surface area (Å²) >= 11 is 0. The highest BCUT2D eigenvalue weighted by molar-refractivity contribution is 5.72. The summed E-state index contributed by atoms with van der Waals surface area (Å²) in [6.07, 6.45) is 3.25. The average Bonchev–Trinajstić information content (AvgIpc) is 3.03. The molecule has 2 fully saturated rings. The first-order chi connectivity index (χ1) is 11.8. The van der Waals surface area contributed by atoms with Crippen LogP contribution in [0.4, 0.5) is 0 Å². The van der Waals surface area contributed by atoms with E-state index in [1.807, 2.05) is 0 Å². The van der Waals surface area contributed by atoms with Gasteiger partial charge in [0.2, 0.25) is 0 Å². The molecule has 0 bridgehead atoms. The van der Waals surface area contributed by atoms with Crippen LogP contribution in [0.15, 0.2) is 17.3 Å². The van der Waals surface area contributed by atoms with Gasteiger partial charge >= 0.3 is 0 Å². The Kier molecular flexibility index (Phi) is 4.56. The van der Waals surface area contributed by atoms with E-state index in [1.165, 1.54) is 0 Å². The predicted molar refractivity (Wildman–Crippen MR) is 86.6 cm³/mol. The number of aromatic nitrogens is 4. The van der Waals surface area contributed by atoms with Crippen molar-refractivity contribution >= 4 is 11.0 Å². The van der Waals surface area contributed by atoms with Crippen molar-refractivity contribution in [2.45, 2.75) is 13.3 Å². The summed E-state index contributed by atoms with van der Waals surface area (Å²) in [6, 6.07) is 0. The number of hydrogen-bond donors (Lipinski definition) is 0. The summed E-state index contributed by atoms with van der Waals surface area (Å²) < 4.78 is 14.1. The summed E-state index contributed by atoms with van der Waals surface area (Å²) in [5.74, 6) is 0. The van der Waals surface area contributed by atoms with Gasteiger partial charge in [-0.25, -0.2) is 9.67 Å². The first-order valence-electron chi connectivity index (χ1n) is 8.32. The second-order valence-electron chi connectivity index (χ2n) is 6.14. The Morgan fingerprint density at radius 2 is 1.58 bits per heavy atom. The predicted octanol–water partition coefficient (Wildman–Crippen LogP) is -0.828. The smallest absolute Gasteiger partial charge is 0.265 e. The number of morpholine rings is 2. The summed E-state index contributed by atoms with van der Waals surface area (Å²) in [6.45, 7) is 7.47. The van der Waals surface area contributed by atoms with Crippen LogP contribution in [0.25, 0.3) is 11.0 Å². The van der Waals surface area contributed by atoms with Crippen molar-refractivity contribution in [3.05, 3.63) is 22.9 Å². The highest BCUT2D eigenvalue weighted by Crippen LogP contribution is 2.08. The van der Waals surface area contributed by atoms with Gasteiger partial charge in [-0.3, -0.25) is 19.2 Å². The van der Waals surface area contributed by atoms with Crippen molar-refractivity contribution in [3.63, 3.8) is 0 Å². The number of ether oxygens (including phenoxy) is 2. The third kappa shape index (κ3) is 3.20. The zero-order valence-electron chi connectivity index (χ0n) is 13.6. The van der Waals surface area contributed by atoms with Crippen LogP contribution in [0.2, 0.25) is 0 Å². The van der Waals surface area contributed by atoms with E-state index in [4.69, 9.17) is 9.47 Å². The third-order valence-corrected chi connectivity index (χ3v) is 4.52. The molecule has 2 aliphatic rings. The molecule has 4 rings (SSSR count). The molecule has 2 saturated heterocycles. The van der Waals surface area contributed by atoms with Crippen LogP contribution in [0, 0.1) is 0 Å². The van der Waals surface area contributed by atoms with Gasteiger partial charge in [0.05, 0.1) is 46.0 Å². The molecule has 0 N–H and O–H groups in total. The van der Waals surface area contributed by atoms with Crippen molar-refractivity contribution < 1.29 is 9.47 Å². The van der Waals surface area contributed by atoms with Crippen LogP contribution < -0.4 is 5.56 Å². The first kappa shape index (κ1) is 15.7. The minimum Gasteiger partial charge on any atom is -0.379 e. The lowest BCUT2D eigenvalue weighted by Crippen LogP contribution is -2.40. The zero-order chi connectivity index (χ0) is 16.4. The van der Waals surface area contributed by atoms with Crippen LogP contribution in [-0.4, -0.2) is 81.7 Å². The van der Waals surface area contributed by atoms with Crippen LogP contribution in [0.1, 0.15) is 0 Å². The Morgan fingerprint density at radius 1 is 0.958 bits per heavy atom. The summed E-state index contributed by atoms with van der Waals surface area (Å²) in [5, 5.41) is 4.93. The van der Waals surface area contributed by atoms with E-state index in [1.54, 1.807) is 21.8 Å². The molecule has 0 spiro atoms. The molecular formula is C15H22N6O3. The van der Waals surface area contributed by atoms with Crippen LogP contribution >= 0.6 is 0 Å². The third-order valence-electron chi connectivity index (χ3n) is 4.52. The fourth-order valence-electron chi connectivity index (χ4n) is 3.09. The fourth-order valence-corrected chi connectivity index (χ4v) is 3.09. The molecule has 0 saturated carbocycles. The molecule has 0 atom stereocenters. The molecule has 24 heavy (non-hydrogen) atoms. The van der Waals surface area contributed by atoms with E-state index < -0.39 is 0 Å². The van der Waals surface area contributed by atoms with Gasteiger partial charge in [-0.15, -0.1) is 0 Å². The Hall–Kier alpha value is -1.81. The second kappa shape index (κ2) is 6.98. The minimum absolute atomic E-state index is 0.0419. The molecule has 9 nitrogen and oxygen atoms in total. The highest BCUT2D eigenvalue weighted by atomic mass is 16.5. The van der Waals surface area contributed by atoms with Crippen molar-refractivity contribution in [3.8, 4) is 0 Å². The van der Waals surface area contributed by atoms with Crippen LogP contribution in [0.3, 0.4) is 0 Å². The lowest BCUT2D eigenvalue weighted by atomic mass is 10.4. The number of nitrogens with zero attached hydrogens (tertiary/aromatic N) is 6. The van der Waals surface area contributed by atoms with E-state index in [0.29, 0.717) is 37.6 Å². The molecule has 0 aliphatic carbocycles. The number of fused-ring (bicyclic) bond motifs is 1. The van der Waals surface area contributed by atoms with Crippen molar-refractivity contribution in [1.29, 1.82) is 0 Å².